The van der Waals surface area contributed by atoms with Crippen molar-refractivity contribution < 1.29 is 22.9 Å². The van der Waals surface area contributed by atoms with Crippen LogP contribution in [0.5, 0.6) is 0 Å². The zero-order valence-corrected chi connectivity index (χ0v) is 19.6. The molecule has 0 aliphatic rings. The molecule has 1 N–H and O–H groups in total. The SMILES string of the molecule is CCN(CC)C(=O)C(Cc1ccc([N+](=O)[O-])cc1)C(=O)NS(=O)(=O)c1cccc2ccccc12. The van der Waals surface area contributed by atoms with Crippen molar-refractivity contribution in [1.29, 1.82) is 0 Å². The number of non-ortho nitro benzene ring substituents is 1. The van der Waals surface area contributed by atoms with E-state index in [1.165, 1.54) is 35.2 Å². The van der Waals surface area contributed by atoms with Crippen LogP contribution < -0.4 is 4.72 Å². The van der Waals surface area contributed by atoms with Crippen LogP contribution in [-0.2, 0) is 26.0 Å². The number of nitro benzene ring substituents is 1. The van der Waals surface area contributed by atoms with Crippen molar-refractivity contribution in [1.82, 2.24) is 9.62 Å². The average molecular weight is 484 g/mol. The number of nitrogens with one attached hydrogen (secondary N) is 1. The number of hydrogen-bond acceptors (Lipinski definition) is 6. The normalized spacial score (nSPS) is 12.2. The predicted octanol–water partition coefficient (Wildman–Crippen LogP) is 3.28. The van der Waals surface area contributed by atoms with E-state index in [0.29, 0.717) is 29.4 Å². The molecule has 2 amide bonds. The molecule has 3 rings (SSSR count). The summed E-state index contributed by atoms with van der Waals surface area (Å²) in [6.45, 7) is 4.20. The maximum Gasteiger partial charge on any atom is 0.269 e. The van der Waals surface area contributed by atoms with Gasteiger partial charge in [-0.25, -0.2) is 13.1 Å². The number of sulfonamides is 1. The van der Waals surface area contributed by atoms with Crippen molar-refractivity contribution in [3.05, 3.63) is 82.4 Å². The van der Waals surface area contributed by atoms with E-state index in [9.17, 15) is 28.1 Å². The number of fused-ring (bicyclic) bond motifs is 1. The first-order chi connectivity index (χ1) is 16.2. The number of nitrogens with zero attached hydrogens (tertiary/aromatic N) is 2. The summed E-state index contributed by atoms with van der Waals surface area (Å²) >= 11 is 0. The molecular weight excluding hydrogens is 458 g/mol. The first kappa shape index (κ1) is 24.8. The van der Waals surface area contributed by atoms with Crippen molar-refractivity contribution >= 4 is 38.3 Å². The van der Waals surface area contributed by atoms with Crippen molar-refractivity contribution in [2.24, 2.45) is 5.92 Å². The van der Waals surface area contributed by atoms with Gasteiger partial charge in [-0.1, -0.05) is 48.5 Å². The fourth-order valence-electron chi connectivity index (χ4n) is 3.73. The number of carbonyl (C=O) groups excluding carboxylic acids is 2. The molecule has 34 heavy (non-hydrogen) atoms. The van der Waals surface area contributed by atoms with Gasteiger partial charge >= 0.3 is 0 Å². The van der Waals surface area contributed by atoms with Crippen LogP contribution in [0, 0.1) is 16.0 Å². The number of benzene rings is 3. The summed E-state index contributed by atoms with van der Waals surface area (Å²) < 4.78 is 28.3. The second-order valence-electron chi connectivity index (χ2n) is 7.64. The monoisotopic (exact) mass is 483 g/mol. The molecule has 10 heteroatoms. The molecule has 1 atom stereocenters. The Labute approximate surface area is 197 Å². The van der Waals surface area contributed by atoms with E-state index in [1.807, 2.05) is 0 Å². The maximum absolute atomic E-state index is 13.2. The summed E-state index contributed by atoms with van der Waals surface area (Å²) in [5, 5.41) is 12.1. The summed E-state index contributed by atoms with van der Waals surface area (Å²) in [4.78, 5) is 38.0. The molecule has 3 aromatic carbocycles. The fourth-order valence-corrected chi connectivity index (χ4v) is 4.98. The number of nitro groups is 1. The summed E-state index contributed by atoms with van der Waals surface area (Å²) in [6, 6.07) is 17.1. The molecule has 0 heterocycles. The highest BCUT2D eigenvalue weighted by Crippen LogP contribution is 2.23. The van der Waals surface area contributed by atoms with E-state index in [0.717, 1.165) is 0 Å². The Morgan fingerprint density at radius 1 is 0.971 bits per heavy atom. The van der Waals surface area contributed by atoms with Crippen LogP contribution in [0.25, 0.3) is 10.8 Å². The Hall–Kier alpha value is -3.79. The van der Waals surface area contributed by atoms with Gasteiger partial charge in [0, 0.05) is 30.6 Å². The minimum atomic E-state index is -4.27. The second kappa shape index (κ2) is 10.4. The Balaban J connectivity index is 1.94. The molecule has 3 aromatic rings. The van der Waals surface area contributed by atoms with Gasteiger partial charge in [0.15, 0.2) is 0 Å². The highest BCUT2D eigenvalue weighted by Gasteiger charge is 2.33. The molecule has 0 aliphatic carbocycles. The van der Waals surface area contributed by atoms with Crippen molar-refractivity contribution in [3.8, 4) is 0 Å². The van der Waals surface area contributed by atoms with Gasteiger partial charge in [-0.3, -0.25) is 19.7 Å². The molecule has 1 unspecified atom stereocenters. The Bertz CT molecular complexity index is 1310. The number of amides is 2. The summed E-state index contributed by atoms with van der Waals surface area (Å²) in [7, 11) is -4.27. The van der Waals surface area contributed by atoms with Crippen molar-refractivity contribution in [3.63, 3.8) is 0 Å². The lowest BCUT2D eigenvalue weighted by atomic mass is 9.97. The molecule has 0 bridgehead atoms. The summed E-state index contributed by atoms with van der Waals surface area (Å²) in [5.41, 5.74) is 0.368. The number of rotatable bonds is 9. The van der Waals surface area contributed by atoms with Gasteiger partial charge in [0.1, 0.15) is 5.92 Å². The van der Waals surface area contributed by atoms with Gasteiger partial charge in [0.2, 0.25) is 11.8 Å². The molecule has 9 nitrogen and oxygen atoms in total. The van der Waals surface area contributed by atoms with Crippen LogP contribution in [0.1, 0.15) is 19.4 Å². The Morgan fingerprint density at radius 3 is 2.21 bits per heavy atom. The highest BCUT2D eigenvalue weighted by molar-refractivity contribution is 7.90. The van der Waals surface area contributed by atoms with Gasteiger partial charge in [-0.15, -0.1) is 0 Å². The standard InChI is InChI=1S/C24H25N3O6S/c1-3-26(4-2)24(29)21(16-17-12-14-19(15-13-17)27(30)31)23(28)25-34(32,33)22-11-7-9-18-8-5-6-10-20(18)22/h5-15,21H,3-4,16H2,1-2H3,(H,25,28). The highest BCUT2D eigenvalue weighted by atomic mass is 32.2. The molecule has 0 saturated carbocycles. The van der Waals surface area contributed by atoms with Crippen LogP contribution in [0.4, 0.5) is 5.69 Å². The lowest BCUT2D eigenvalue weighted by Gasteiger charge is -2.24. The number of carbonyl (C=O) groups is 2. The second-order valence-corrected chi connectivity index (χ2v) is 9.29. The van der Waals surface area contributed by atoms with E-state index in [1.54, 1.807) is 50.2 Å². The zero-order valence-electron chi connectivity index (χ0n) is 18.8. The van der Waals surface area contributed by atoms with Gasteiger partial charge in [0.25, 0.3) is 15.7 Å². The Kier molecular flexibility index (Phi) is 7.62. The van der Waals surface area contributed by atoms with Gasteiger partial charge in [-0.05, 0) is 37.3 Å². The zero-order chi connectivity index (χ0) is 24.9. The minimum Gasteiger partial charge on any atom is -0.343 e. The molecule has 0 fully saturated rings. The quantitative estimate of drug-likeness (QED) is 0.283. The van der Waals surface area contributed by atoms with Crippen LogP contribution >= 0.6 is 0 Å². The third kappa shape index (κ3) is 5.40. The maximum atomic E-state index is 13.2. The van der Waals surface area contributed by atoms with Crippen LogP contribution in [0.15, 0.2) is 71.6 Å². The summed E-state index contributed by atoms with van der Waals surface area (Å²) in [5.74, 6) is -2.80. The molecular formula is C24H25N3O6S. The third-order valence-electron chi connectivity index (χ3n) is 5.55. The lowest BCUT2D eigenvalue weighted by Crippen LogP contribution is -2.46. The molecule has 178 valence electrons. The fraction of sp³-hybridized carbons (Fsp3) is 0.250. The molecule has 0 aromatic heterocycles. The van der Waals surface area contributed by atoms with Crippen LogP contribution in [-0.4, -0.2) is 43.1 Å². The van der Waals surface area contributed by atoms with Crippen LogP contribution in [0.3, 0.4) is 0 Å². The van der Waals surface area contributed by atoms with E-state index < -0.39 is 32.7 Å². The summed E-state index contributed by atoms with van der Waals surface area (Å²) in [6.07, 6.45) is -0.107. The van der Waals surface area contributed by atoms with Gasteiger partial charge in [-0.2, -0.15) is 0 Å². The predicted molar refractivity (Wildman–Crippen MR) is 127 cm³/mol. The van der Waals surface area contributed by atoms with Crippen molar-refractivity contribution in [2.75, 3.05) is 13.1 Å². The smallest absolute Gasteiger partial charge is 0.269 e. The van der Waals surface area contributed by atoms with E-state index in [2.05, 4.69) is 4.72 Å². The van der Waals surface area contributed by atoms with E-state index in [4.69, 9.17) is 0 Å². The largest absolute Gasteiger partial charge is 0.343 e. The Morgan fingerprint density at radius 2 is 1.59 bits per heavy atom. The third-order valence-corrected chi connectivity index (χ3v) is 6.96. The molecule has 0 saturated heterocycles. The van der Waals surface area contributed by atoms with Gasteiger partial charge < -0.3 is 4.90 Å². The first-order valence-corrected chi connectivity index (χ1v) is 12.2. The average Bonchev–Trinajstić information content (AvgIpc) is 2.82. The molecule has 0 radical (unpaired) electrons. The van der Waals surface area contributed by atoms with E-state index >= 15 is 0 Å². The first-order valence-electron chi connectivity index (χ1n) is 10.7. The number of hydrogen-bond donors (Lipinski definition) is 1. The molecule has 0 spiro atoms. The minimum absolute atomic E-state index is 0.0664. The topological polar surface area (TPSA) is 127 Å². The van der Waals surface area contributed by atoms with Gasteiger partial charge in [0.05, 0.1) is 9.82 Å². The van der Waals surface area contributed by atoms with Crippen molar-refractivity contribution in [2.45, 2.75) is 25.2 Å². The van der Waals surface area contributed by atoms with E-state index in [-0.39, 0.29) is 17.0 Å². The lowest BCUT2D eigenvalue weighted by molar-refractivity contribution is -0.384. The van der Waals surface area contributed by atoms with Crippen LogP contribution in [0.2, 0.25) is 0 Å². The molecule has 0 aliphatic heterocycles.